The minimum atomic E-state index is 0.191. The summed E-state index contributed by atoms with van der Waals surface area (Å²) in [6.45, 7) is 8.47. The second-order valence-corrected chi connectivity index (χ2v) is 8.47. The lowest BCUT2D eigenvalue weighted by Crippen LogP contribution is -1.96. The first-order valence-corrected chi connectivity index (χ1v) is 13.4. The molecule has 0 aliphatic rings. The molecule has 0 bridgehead atoms. The van der Waals surface area contributed by atoms with Crippen molar-refractivity contribution in [1.82, 2.24) is 0 Å². The molecule has 0 N–H and O–H groups in total. The fourth-order valence-corrected chi connectivity index (χ4v) is 3.66. The van der Waals surface area contributed by atoms with E-state index in [2.05, 4.69) is 40.9 Å². The van der Waals surface area contributed by atoms with Gasteiger partial charge in [-0.15, -0.1) is 10.2 Å². The van der Waals surface area contributed by atoms with Crippen molar-refractivity contribution >= 4 is 10.2 Å². The van der Waals surface area contributed by atoms with Gasteiger partial charge in [-0.25, -0.2) is 0 Å². The van der Waals surface area contributed by atoms with Crippen molar-refractivity contribution in [1.29, 1.82) is 0 Å². The minimum absolute atomic E-state index is 0.191. The lowest BCUT2D eigenvalue weighted by atomic mass is 10.2. The third-order valence-electron chi connectivity index (χ3n) is 5.25. The Morgan fingerprint density at radius 1 is 0.538 bits per heavy atom. The fourth-order valence-electron chi connectivity index (χ4n) is 3.49. The fraction of sp³-hybridized carbons (Fsp3) is 0.310. The van der Waals surface area contributed by atoms with Crippen molar-refractivity contribution in [3.63, 3.8) is 0 Å². The van der Waals surface area contributed by atoms with E-state index in [1.807, 2.05) is 93.6 Å². The van der Waals surface area contributed by atoms with Gasteiger partial charge in [0.25, 0.3) is 0 Å². The van der Waals surface area contributed by atoms with E-state index in [9.17, 15) is 0 Å². The highest BCUT2D eigenvalue weighted by molar-refractivity contribution is 6.21. The summed E-state index contributed by atoms with van der Waals surface area (Å²) in [5.41, 5.74) is 2.75. The van der Waals surface area contributed by atoms with Crippen molar-refractivity contribution in [2.24, 2.45) is 30.7 Å². The highest BCUT2D eigenvalue weighted by atomic mass is 28.1. The van der Waals surface area contributed by atoms with E-state index in [-0.39, 0.29) is 5.82 Å². The molecule has 0 atom stereocenters. The van der Waals surface area contributed by atoms with Crippen LogP contribution in [-0.2, 0) is 19.6 Å². The molecule has 0 fully saturated rings. The van der Waals surface area contributed by atoms with Crippen LogP contribution >= 0.6 is 0 Å². The lowest BCUT2D eigenvalue weighted by Gasteiger charge is -2.07. The predicted molar refractivity (Wildman–Crippen MR) is 151 cm³/mol. The molecule has 3 aromatic rings. The molecule has 0 heterocycles. The summed E-state index contributed by atoms with van der Waals surface area (Å²) in [5.74, 6) is 2.50. The molecular weight excluding hydrogens is 508 g/mol. The molecule has 0 saturated carbocycles. The van der Waals surface area contributed by atoms with Crippen molar-refractivity contribution < 1.29 is 14.2 Å². The van der Waals surface area contributed by atoms with Gasteiger partial charge in [-0.2, -0.15) is 20.5 Å². The molecule has 3 aromatic carbocycles. The Morgan fingerprint density at radius 3 is 1.23 bits per heavy atom. The van der Waals surface area contributed by atoms with Crippen molar-refractivity contribution in [3.05, 3.63) is 101 Å². The first kappa shape index (κ1) is 29.4. The number of ether oxygens (including phenoxy) is 3. The van der Waals surface area contributed by atoms with Crippen LogP contribution in [-0.4, -0.2) is 30.1 Å². The van der Waals surface area contributed by atoms with Gasteiger partial charge < -0.3 is 14.2 Å². The van der Waals surface area contributed by atoms with Gasteiger partial charge in [-0.1, -0.05) is 54.6 Å². The highest BCUT2D eigenvalue weighted by Gasteiger charge is 2.06. The van der Waals surface area contributed by atoms with E-state index in [4.69, 9.17) is 14.2 Å². The topological polar surface area (TPSA) is 102 Å². The zero-order valence-electron chi connectivity index (χ0n) is 22.6. The zero-order chi connectivity index (χ0) is 27.7. The number of azo groups is 3. The Labute approximate surface area is 233 Å². The number of hydrogen-bond acceptors (Lipinski definition) is 9. The Morgan fingerprint density at radius 2 is 0.872 bits per heavy atom. The third kappa shape index (κ3) is 9.57. The van der Waals surface area contributed by atoms with Crippen LogP contribution in [0.5, 0.6) is 17.2 Å². The molecule has 201 valence electrons. The molecule has 0 aliphatic carbocycles. The second kappa shape index (κ2) is 16.6. The van der Waals surface area contributed by atoms with Crippen molar-refractivity contribution in [2.75, 3.05) is 19.8 Å². The van der Waals surface area contributed by atoms with Gasteiger partial charge in [-0.3, -0.25) is 0 Å². The molecular formula is C29H33N6O3Si. The molecule has 39 heavy (non-hydrogen) atoms. The Balaban J connectivity index is 1.82. The van der Waals surface area contributed by atoms with Gasteiger partial charge in [0.2, 0.25) is 5.82 Å². The van der Waals surface area contributed by atoms with Gasteiger partial charge in [0.05, 0.1) is 44.8 Å². The number of rotatable bonds is 15. The smallest absolute Gasteiger partial charge is 0.213 e. The summed E-state index contributed by atoms with van der Waals surface area (Å²) in [4.78, 5) is 0. The molecule has 9 nitrogen and oxygen atoms in total. The number of nitrogens with zero attached hydrogens (tertiary/aromatic N) is 6. The SMILES string of the molecule is CCOc1ccccc1CN=NC([Si])=C(N=NCc1ccccc1OCC)N=NCc1ccccc1OCC. The summed E-state index contributed by atoms with van der Waals surface area (Å²) < 4.78 is 17.0. The molecule has 0 unspecified atom stereocenters. The number of para-hydroxylation sites is 3. The van der Waals surface area contributed by atoms with Crippen LogP contribution in [0.15, 0.2) is 115 Å². The van der Waals surface area contributed by atoms with Gasteiger partial charge in [0, 0.05) is 16.7 Å². The molecule has 10 heteroatoms. The summed E-state index contributed by atoms with van der Waals surface area (Å²) >= 11 is 0. The maximum atomic E-state index is 5.69. The number of hydrogen-bond donors (Lipinski definition) is 0. The molecule has 3 radical (unpaired) electrons. The Bertz CT molecular complexity index is 1250. The van der Waals surface area contributed by atoms with E-state index < -0.39 is 0 Å². The highest BCUT2D eigenvalue weighted by Crippen LogP contribution is 2.22. The van der Waals surface area contributed by atoms with Gasteiger partial charge in [0.1, 0.15) is 27.5 Å². The van der Waals surface area contributed by atoms with E-state index in [1.165, 1.54) is 0 Å². The summed E-state index contributed by atoms with van der Waals surface area (Å²) in [7, 11) is 3.51. The quantitative estimate of drug-likeness (QED) is 0.148. The lowest BCUT2D eigenvalue weighted by molar-refractivity contribution is 0.336. The van der Waals surface area contributed by atoms with E-state index in [0.29, 0.717) is 44.8 Å². The van der Waals surface area contributed by atoms with E-state index >= 15 is 0 Å². The maximum absolute atomic E-state index is 5.69. The van der Waals surface area contributed by atoms with Crippen LogP contribution in [0.4, 0.5) is 0 Å². The maximum Gasteiger partial charge on any atom is 0.213 e. The minimum Gasteiger partial charge on any atom is -0.494 e. The standard InChI is InChI=1S/C29H33N6O3Si/c1-4-36-25-16-10-7-13-22(25)19-30-33-28(34-31-20-23-14-8-11-17-26(23)37-5-2)29(39)35-32-21-24-15-9-12-18-27(24)38-6-3/h7-18H,4-6,19-21H2,1-3H3. The third-order valence-corrected chi connectivity index (χ3v) is 5.58. The zero-order valence-corrected chi connectivity index (χ0v) is 23.6. The summed E-state index contributed by atoms with van der Waals surface area (Å²) in [6.07, 6.45) is 0. The van der Waals surface area contributed by atoms with Crippen LogP contribution in [0.2, 0.25) is 0 Å². The second-order valence-electron chi connectivity index (χ2n) is 7.99. The normalized spacial score (nSPS) is 11.4. The average Bonchev–Trinajstić information content (AvgIpc) is 2.95. The predicted octanol–water partition coefficient (Wildman–Crippen LogP) is 7.43. The van der Waals surface area contributed by atoms with Crippen LogP contribution in [0.1, 0.15) is 37.5 Å². The Kier molecular flexibility index (Phi) is 12.5. The van der Waals surface area contributed by atoms with Gasteiger partial charge >= 0.3 is 0 Å². The van der Waals surface area contributed by atoms with Crippen LogP contribution in [0.25, 0.3) is 0 Å². The summed E-state index contributed by atoms with van der Waals surface area (Å²) in [6, 6.07) is 23.1. The monoisotopic (exact) mass is 541 g/mol. The first-order chi connectivity index (χ1) is 19.2. The number of benzene rings is 3. The van der Waals surface area contributed by atoms with Gasteiger partial charge in [0.15, 0.2) is 0 Å². The molecule has 0 aliphatic heterocycles. The van der Waals surface area contributed by atoms with Crippen LogP contribution in [0.3, 0.4) is 0 Å². The molecule has 0 spiro atoms. The molecule has 3 rings (SSSR count). The van der Waals surface area contributed by atoms with Crippen LogP contribution in [0, 0.1) is 0 Å². The average molecular weight is 542 g/mol. The van der Waals surface area contributed by atoms with E-state index in [0.717, 1.165) is 33.9 Å². The van der Waals surface area contributed by atoms with Gasteiger partial charge in [-0.05, 0) is 39.0 Å². The van der Waals surface area contributed by atoms with Crippen molar-refractivity contribution in [3.8, 4) is 17.2 Å². The molecule has 0 saturated heterocycles. The van der Waals surface area contributed by atoms with Crippen molar-refractivity contribution in [2.45, 2.75) is 40.4 Å². The summed E-state index contributed by atoms with van der Waals surface area (Å²) in [5, 5.41) is 26.2. The first-order valence-electron chi connectivity index (χ1n) is 12.9. The largest absolute Gasteiger partial charge is 0.494 e. The molecule has 0 amide bonds. The molecule has 0 aromatic heterocycles. The van der Waals surface area contributed by atoms with E-state index in [1.54, 1.807) is 0 Å². The Hall–Kier alpha value is -4.18. The van der Waals surface area contributed by atoms with Crippen LogP contribution < -0.4 is 14.2 Å².